The van der Waals surface area contributed by atoms with Crippen LogP contribution < -0.4 is 10.6 Å². The second-order valence-electron chi connectivity index (χ2n) is 3.37. The lowest BCUT2D eigenvalue weighted by Gasteiger charge is -2.24. The van der Waals surface area contributed by atoms with Crippen molar-refractivity contribution in [3.63, 3.8) is 0 Å². The normalized spacial score (nSPS) is 12.6. The molecule has 0 aliphatic rings. The van der Waals surface area contributed by atoms with Crippen LogP contribution in [0.2, 0.25) is 0 Å². The zero-order chi connectivity index (χ0) is 10.6. The SMILES string of the molecule is CC(CO)N(C)c1ccc(CN)cn1. The van der Waals surface area contributed by atoms with E-state index in [1.807, 2.05) is 31.0 Å². The van der Waals surface area contributed by atoms with Crippen LogP contribution in [0.3, 0.4) is 0 Å². The van der Waals surface area contributed by atoms with Crippen molar-refractivity contribution in [3.8, 4) is 0 Å². The Morgan fingerprint density at radius 3 is 2.71 bits per heavy atom. The zero-order valence-electron chi connectivity index (χ0n) is 8.64. The topological polar surface area (TPSA) is 62.4 Å². The number of aromatic nitrogens is 1. The third kappa shape index (κ3) is 2.43. The molecule has 1 aromatic heterocycles. The Kier molecular flexibility index (Phi) is 3.85. The smallest absolute Gasteiger partial charge is 0.128 e. The maximum Gasteiger partial charge on any atom is 0.128 e. The molecule has 0 aliphatic heterocycles. The molecular formula is C10H17N3O. The van der Waals surface area contributed by atoms with E-state index in [1.165, 1.54) is 0 Å². The van der Waals surface area contributed by atoms with Gasteiger partial charge in [0.2, 0.25) is 0 Å². The third-order valence-electron chi connectivity index (χ3n) is 2.33. The molecule has 0 saturated heterocycles. The summed E-state index contributed by atoms with van der Waals surface area (Å²) in [5, 5.41) is 8.98. The van der Waals surface area contributed by atoms with Gasteiger partial charge in [0.1, 0.15) is 5.82 Å². The van der Waals surface area contributed by atoms with Gasteiger partial charge in [-0.1, -0.05) is 6.07 Å². The van der Waals surface area contributed by atoms with Gasteiger partial charge < -0.3 is 15.7 Å². The van der Waals surface area contributed by atoms with Crippen LogP contribution in [0.1, 0.15) is 12.5 Å². The summed E-state index contributed by atoms with van der Waals surface area (Å²) >= 11 is 0. The number of hydrogen-bond donors (Lipinski definition) is 2. The molecule has 4 nitrogen and oxygen atoms in total. The summed E-state index contributed by atoms with van der Waals surface area (Å²) in [6.45, 7) is 2.57. The van der Waals surface area contributed by atoms with Gasteiger partial charge in [-0.3, -0.25) is 0 Å². The molecule has 0 fully saturated rings. The molecule has 0 bridgehead atoms. The van der Waals surface area contributed by atoms with Gasteiger partial charge in [0.05, 0.1) is 12.6 Å². The van der Waals surface area contributed by atoms with E-state index in [9.17, 15) is 0 Å². The number of pyridine rings is 1. The Balaban J connectivity index is 2.75. The minimum Gasteiger partial charge on any atom is -0.394 e. The van der Waals surface area contributed by atoms with Crippen LogP contribution in [-0.2, 0) is 6.54 Å². The number of hydrogen-bond acceptors (Lipinski definition) is 4. The van der Waals surface area contributed by atoms with E-state index in [2.05, 4.69) is 4.98 Å². The summed E-state index contributed by atoms with van der Waals surface area (Å²) in [7, 11) is 1.91. The van der Waals surface area contributed by atoms with Crippen molar-refractivity contribution in [1.29, 1.82) is 0 Å². The molecule has 0 amide bonds. The van der Waals surface area contributed by atoms with Crippen LogP contribution in [0.15, 0.2) is 18.3 Å². The lowest BCUT2D eigenvalue weighted by atomic mass is 10.2. The fourth-order valence-electron chi connectivity index (χ4n) is 1.09. The highest BCUT2D eigenvalue weighted by molar-refractivity contribution is 5.39. The standard InChI is InChI=1S/C10H17N3O/c1-8(7-14)13(2)10-4-3-9(5-11)6-12-10/h3-4,6,8,14H,5,7,11H2,1-2H3. The first-order valence-corrected chi connectivity index (χ1v) is 4.67. The van der Waals surface area contributed by atoms with Crippen LogP contribution in [0.25, 0.3) is 0 Å². The number of likely N-dealkylation sites (N-methyl/N-ethyl adjacent to an activating group) is 1. The van der Waals surface area contributed by atoms with E-state index < -0.39 is 0 Å². The molecule has 14 heavy (non-hydrogen) atoms. The maximum atomic E-state index is 8.98. The van der Waals surface area contributed by atoms with E-state index >= 15 is 0 Å². The molecule has 1 unspecified atom stereocenters. The van der Waals surface area contributed by atoms with Crippen molar-refractivity contribution in [3.05, 3.63) is 23.9 Å². The monoisotopic (exact) mass is 195 g/mol. The molecule has 0 radical (unpaired) electrons. The van der Waals surface area contributed by atoms with Gasteiger partial charge in [-0.15, -0.1) is 0 Å². The molecule has 0 aliphatic carbocycles. The highest BCUT2D eigenvalue weighted by Gasteiger charge is 2.09. The Bertz CT molecular complexity index is 273. The molecular weight excluding hydrogens is 178 g/mol. The number of rotatable bonds is 4. The average Bonchev–Trinajstić information content (AvgIpc) is 2.27. The van der Waals surface area contributed by atoms with Crippen LogP contribution in [0.5, 0.6) is 0 Å². The second kappa shape index (κ2) is 4.93. The van der Waals surface area contributed by atoms with Crippen LogP contribution in [0, 0.1) is 0 Å². The second-order valence-corrected chi connectivity index (χ2v) is 3.37. The first-order chi connectivity index (χ1) is 6.69. The van der Waals surface area contributed by atoms with E-state index in [0.29, 0.717) is 6.54 Å². The molecule has 1 aromatic rings. The fourth-order valence-corrected chi connectivity index (χ4v) is 1.09. The van der Waals surface area contributed by atoms with Crippen LogP contribution in [-0.4, -0.2) is 29.8 Å². The summed E-state index contributed by atoms with van der Waals surface area (Å²) in [5.74, 6) is 0.851. The largest absolute Gasteiger partial charge is 0.394 e. The van der Waals surface area contributed by atoms with Crippen molar-refractivity contribution in [2.24, 2.45) is 5.73 Å². The van der Waals surface area contributed by atoms with Crippen molar-refractivity contribution < 1.29 is 5.11 Å². The van der Waals surface area contributed by atoms with Gasteiger partial charge >= 0.3 is 0 Å². The number of nitrogens with two attached hydrogens (primary N) is 1. The predicted octanol–water partition coefficient (Wildman–Crippen LogP) is 0.357. The average molecular weight is 195 g/mol. The van der Waals surface area contributed by atoms with Crippen LogP contribution in [0.4, 0.5) is 5.82 Å². The van der Waals surface area contributed by atoms with Crippen molar-refractivity contribution in [2.45, 2.75) is 19.5 Å². The highest BCUT2D eigenvalue weighted by Crippen LogP contribution is 2.11. The first-order valence-electron chi connectivity index (χ1n) is 4.67. The summed E-state index contributed by atoms with van der Waals surface area (Å²) in [4.78, 5) is 6.18. The minimum absolute atomic E-state index is 0.0752. The first kappa shape index (κ1) is 10.9. The van der Waals surface area contributed by atoms with E-state index in [0.717, 1.165) is 11.4 Å². The van der Waals surface area contributed by atoms with E-state index in [4.69, 9.17) is 10.8 Å². The van der Waals surface area contributed by atoms with Crippen molar-refractivity contribution in [1.82, 2.24) is 4.98 Å². The third-order valence-corrected chi connectivity index (χ3v) is 2.33. The van der Waals surface area contributed by atoms with Gasteiger partial charge in [0.15, 0.2) is 0 Å². The summed E-state index contributed by atoms with van der Waals surface area (Å²) in [6.07, 6.45) is 1.76. The van der Waals surface area contributed by atoms with Crippen molar-refractivity contribution in [2.75, 3.05) is 18.6 Å². The summed E-state index contributed by atoms with van der Waals surface area (Å²) in [5.41, 5.74) is 6.48. The molecule has 0 aromatic carbocycles. The zero-order valence-corrected chi connectivity index (χ0v) is 8.64. The van der Waals surface area contributed by atoms with Gasteiger partial charge in [-0.2, -0.15) is 0 Å². The minimum atomic E-state index is 0.0752. The fraction of sp³-hybridized carbons (Fsp3) is 0.500. The van der Waals surface area contributed by atoms with E-state index in [-0.39, 0.29) is 12.6 Å². The molecule has 1 heterocycles. The molecule has 78 valence electrons. The Morgan fingerprint density at radius 1 is 1.57 bits per heavy atom. The quantitative estimate of drug-likeness (QED) is 0.728. The Morgan fingerprint density at radius 2 is 2.29 bits per heavy atom. The number of aliphatic hydroxyl groups excluding tert-OH is 1. The van der Waals surface area contributed by atoms with Gasteiger partial charge in [0, 0.05) is 19.8 Å². The summed E-state index contributed by atoms with van der Waals surface area (Å²) in [6, 6.07) is 3.93. The lowest BCUT2D eigenvalue weighted by Crippen LogP contribution is -2.32. The van der Waals surface area contributed by atoms with Gasteiger partial charge in [-0.05, 0) is 18.6 Å². The lowest BCUT2D eigenvalue weighted by molar-refractivity contribution is 0.270. The van der Waals surface area contributed by atoms with Crippen molar-refractivity contribution >= 4 is 5.82 Å². The number of nitrogens with zero attached hydrogens (tertiary/aromatic N) is 2. The van der Waals surface area contributed by atoms with E-state index in [1.54, 1.807) is 6.20 Å². The van der Waals surface area contributed by atoms with Gasteiger partial charge in [-0.25, -0.2) is 4.98 Å². The Labute approximate surface area is 84.4 Å². The Hall–Kier alpha value is -1.13. The molecule has 1 atom stereocenters. The number of anilines is 1. The maximum absolute atomic E-state index is 8.98. The molecule has 3 N–H and O–H groups in total. The summed E-state index contributed by atoms with van der Waals surface area (Å²) < 4.78 is 0. The van der Waals surface area contributed by atoms with Gasteiger partial charge in [0.25, 0.3) is 0 Å². The predicted molar refractivity (Wildman–Crippen MR) is 57.1 cm³/mol. The highest BCUT2D eigenvalue weighted by atomic mass is 16.3. The molecule has 0 saturated carbocycles. The molecule has 1 rings (SSSR count). The van der Waals surface area contributed by atoms with Crippen LogP contribution >= 0.6 is 0 Å². The number of aliphatic hydroxyl groups is 1. The molecule has 4 heteroatoms. The molecule has 0 spiro atoms.